The van der Waals surface area contributed by atoms with Gasteiger partial charge in [0.15, 0.2) is 0 Å². The predicted octanol–water partition coefficient (Wildman–Crippen LogP) is 2.53. The van der Waals surface area contributed by atoms with Gasteiger partial charge >= 0.3 is 0 Å². The van der Waals surface area contributed by atoms with Crippen LogP contribution in [0.2, 0.25) is 0 Å². The fourth-order valence-corrected chi connectivity index (χ4v) is 2.53. The van der Waals surface area contributed by atoms with Crippen molar-refractivity contribution >= 4 is 17.4 Å². The maximum atomic E-state index is 11.1. The fraction of sp³-hybridized carbons (Fsp3) is 0.250. The van der Waals surface area contributed by atoms with Gasteiger partial charge in [0.2, 0.25) is 0 Å². The normalized spacial score (nSPS) is 12.4. The number of aryl methyl sites for hydroxylation is 1. The molecule has 0 fully saturated rings. The first kappa shape index (κ1) is 13.6. The van der Waals surface area contributed by atoms with Crippen molar-refractivity contribution < 1.29 is 10.0 Å². The zero-order valence-electron chi connectivity index (χ0n) is 10.5. The van der Waals surface area contributed by atoms with Gasteiger partial charge in [-0.1, -0.05) is 17.8 Å². The number of aromatic nitrogens is 2. The molecule has 1 aromatic heterocycles. The van der Waals surface area contributed by atoms with Gasteiger partial charge in [-0.15, -0.1) is 0 Å². The van der Waals surface area contributed by atoms with Gasteiger partial charge in [-0.05, 0) is 18.6 Å². The molecule has 0 radical (unpaired) electrons. The number of rotatable bonds is 4. The Morgan fingerprint density at radius 2 is 2.26 bits per heavy atom. The summed E-state index contributed by atoms with van der Waals surface area (Å²) < 4.78 is 1.64. The second-order valence-corrected chi connectivity index (χ2v) is 5.23. The van der Waals surface area contributed by atoms with E-state index in [0.29, 0.717) is 10.5 Å². The van der Waals surface area contributed by atoms with E-state index in [9.17, 15) is 15.2 Å². The van der Waals surface area contributed by atoms with E-state index in [4.69, 9.17) is 0 Å². The Hall–Kier alpha value is -1.86. The molecule has 1 heterocycles. The molecule has 0 aliphatic rings. The molecular formula is C12H13N3O3S. The van der Waals surface area contributed by atoms with Crippen molar-refractivity contribution in [2.75, 3.05) is 0 Å². The molecule has 2 aromatic rings. The first-order chi connectivity index (χ1) is 8.97. The van der Waals surface area contributed by atoms with Gasteiger partial charge in [-0.2, -0.15) is 5.10 Å². The third kappa shape index (κ3) is 3.12. The summed E-state index contributed by atoms with van der Waals surface area (Å²) >= 11 is 1.28. The molecule has 0 aliphatic heterocycles. The lowest BCUT2D eigenvalue weighted by molar-refractivity contribution is -0.387. The highest BCUT2D eigenvalue weighted by molar-refractivity contribution is 7.99. The third-order valence-electron chi connectivity index (χ3n) is 2.57. The minimum atomic E-state index is -0.726. The third-order valence-corrected chi connectivity index (χ3v) is 3.58. The number of aliphatic hydroxyl groups is 1. The maximum absolute atomic E-state index is 11.1. The lowest BCUT2D eigenvalue weighted by Crippen LogP contribution is -1.96. The maximum Gasteiger partial charge on any atom is 0.283 e. The average Bonchev–Trinajstić information content (AvgIpc) is 2.74. The lowest BCUT2D eigenvalue weighted by Gasteiger charge is -2.06. The van der Waals surface area contributed by atoms with Gasteiger partial charge < -0.3 is 5.11 Å². The number of aliphatic hydroxyl groups excluding tert-OH is 1. The van der Waals surface area contributed by atoms with Crippen LogP contribution in [0.5, 0.6) is 0 Å². The number of nitro groups is 1. The monoisotopic (exact) mass is 279 g/mol. The zero-order valence-corrected chi connectivity index (χ0v) is 11.3. The van der Waals surface area contributed by atoms with Crippen molar-refractivity contribution in [3.63, 3.8) is 0 Å². The second-order valence-electron chi connectivity index (χ2n) is 4.11. The Bertz CT molecular complexity index is 610. The summed E-state index contributed by atoms with van der Waals surface area (Å²) in [5.41, 5.74) is 0.523. The summed E-state index contributed by atoms with van der Waals surface area (Å²) in [6.07, 6.45) is 2.71. The van der Waals surface area contributed by atoms with Crippen LogP contribution in [0, 0.1) is 10.1 Å². The molecule has 1 N–H and O–H groups in total. The molecule has 0 amide bonds. The smallest absolute Gasteiger partial charge is 0.283 e. The number of hydrogen-bond acceptors (Lipinski definition) is 5. The largest absolute Gasteiger partial charge is 0.389 e. The second kappa shape index (κ2) is 5.41. The molecule has 0 unspecified atom stereocenters. The van der Waals surface area contributed by atoms with Gasteiger partial charge in [-0.3, -0.25) is 14.8 Å². The van der Waals surface area contributed by atoms with Crippen LogP contribution in [0.1, 0.15) is 18.6 Å². The molecule has 0 saturated heterocycles. The number of benzene rings is 1. The van der Waals surface area contributed by atoms with Crippen molar-refractivity contribution in [1.82, 2.24) is 9.78 Å². The first-order valence-electron chi connectivity index (χ1n) is 5.60. The molecular weight excluding hydrogens is 266 g/mol. The predicted molar refractivity (Wildman–Crippen MR) is 71.1 cm³/mol. The minimum Gasteiger partial charge on any atom is -0.389 e. The fourth-order valence-electron chi connectivity index (χ4n) is 1.60. The molecule has 0 aliphatic carbocycles. The van der Waals surface area contributed by atoms with E-state index in [2.05, 4.69) is 5.10 Å². The van der Waals surface area contributed by atoms with Crippen LogP contribution in [0.4, 0.5) is 5.69 Å². The topological polar surface area (TPSA) is 81.2 Å². The summed E-state index contributed by atoms with van der Waals surface area (Å²) in [6, 6.07) is 4.75. The van der Waals surface area contributed by atoms with Crippen molar-refractivity contribution in [3.05, 3.63) is 46.3 Å². The highest BCUT2D eigenvalue weighted by Gasteiger charge is 2.17. The highest BCUT2D eigenvalue weighted by atomic mass is 32.2. The van der Waals surface area contributed by atoms with Crippen molar-refractivity contribution in [2.45, 2.75) is 22.8 Å². The zero-order chi connectivity index (χ0) is 14.0. The molecule has 7 heteroatoms. The van der Waals surface area contributed by atoms with E-state index >= 15 is 0 Å². The van der Waals surface area contributed by atoms with E-state index in [-0.39, 0.29) is 5.69 Å². The van der Waals surface area contributed by atoms with Gasteiger partial charge in [0.05, 0.1) is 27.0 Å². The Balaban J connectivity index is 2.36. The van der Waals surface area contributed by atoms with Crippen LogP contribution >= 0.6 is 11.8 Å². The first-order valence-corrected chi connectivity index (χ1v) is 6.42. The molecule has 0 saturated carbocycles. The van der Waals surface area contributed by atoms with Crippen molar-refractivity contribution in [1.29, 1.82) is 0 Å². The summed E-state index contributed by atoms with van der Waals surface area (Å²) in [4.78, 5) is 12.0. The van der Waals surface area contributed by atoms with Crippen LogP contribution in [-0.4, -0.2) is 19.8 Å². The number of nitro benzene ring substituents is 1. The van der Waals surface area contributed by atoms with Crippen molar-refractivity contribution in [2.24, 2.45) is 7.05 Å². The number of nitrogens with zero attached hydrogens (tertiary/aromatic N) is 3. The van der Waals surface area contributed by atoms with E-state index in [1.54, 1.807) is 43.2 Å². The highest BCUT2D eigenvalue weighted by Crippen LogP contribution is 2.35. The van der Waals surface area contributed by atoms with Crippen LogP contribution < -0.4 is 0 Å². The van der Waals surface area contributed by atoms with Gasteiger partial charge in [0.25, 0.3) is 5.69 Å². The van der Waals surface area contributed by atoms with Crippen LogP contribution in [-0.2, 0) is 7.05 Å². The van der Waals surface area contributed by atoms with E-state index in [1.165, 1.54) is 17.8 Å². The SMILES string of the molecule is C[C@H](O)c1ccc(Sc2cnn(C)c2)c([N+](=O)[O-])c1. The van der Waals surface area contributed by atoms with E-state index in [0.717, 1.165) is 4.90 Å². The molecule has 100 valence electrons. The Morgan fingerprint density at radius 1 is 1.53 bits per heavy atom. The molecule has 19 heavy (non-hydrogen) atoms. The van der Waals surface area contributed by atoms with E-state index in [1.807, 2.05) is 0 Å². The molecule has 6 nitrogen and oxygen atoms in total. The Kier molecular flexibility index (Phi) is 3.87. The summed E-state index contributed by atoms with van der Waals surface area (Å²) in [5.74, 6) is 0. The van der Waals surface area contributed by atoms with Gasteiger partial charge in [0, 0.05) is 19.3 Å². The summed E-state index contributed by atoms with van der Waals surface area (Å²) in [6.45, 7) is 1.58. The molecule has 0 spiro atoms. The van der Waals surface area contributed by atoms with E-state index < -0.39 is 11.0 Å². The summed E-state index contributed by atoms with van der Waals surface area (Å²) in [5, 5.41) is 24.6. The molecule has 1 atom stereocenters. The van der Waals surface area contributed by atoms with Crippen LogP contribution in [0.3, 0.4) is 0 Å². The quantitative estimate of drug-likeness (QED) is 0.687. The Morgan fingerprint density at radius 3 is 2.79 bits per heavy atom. The standard InChI is InChI=1S/C12H13N3O3S/c1-8(16)9-3-4-12(11(5-9)15(17)18)19-10-6-13-14(2)7-10/h3-8,16H,1-2H3/t8-/m0/s1. The molecule has 2 rings (SSSR count). The van der Waals surface area contributed by atoms with Crippen molar-refractivity contribution in [3.8, 4) is 0 Å². The van der Waals surface area contributed by atoms with Gasteiger partial charge in [-0.25, -0.2) is 0 Å². The average molecular weight is 279 g/mol. The Labute approximate surface area is 114 Å². The number of hydrogen-bond donors (Lipinski definition) is 1. The lowest BCUT2D eigenvalue weighted by atomic mass is 10.1. The minimum absolute atomic E-state index is 0.00717. The molecule has 0 bridgehead atoms. The van der Waals surface area contributed by atoms with Crippen LogP contribution in [0.15, 0.2) is 40.4 Å². The van der Waals surface area contributed by atoms with Crippen LogP contribution in [0.25, 0.3) is 0 Å². The van der Waals surface area contributed by atoms with Gasteiger partial charge in [0.1, 0.15) is 0 Å². The molecule has 1 aromatic carbocycles. The summed E-state index contributed by atoms with van der Waals surface area (Å²) in [7, 11) is 1.79.